The summed E-state index contributed by atoms with van der Waals surface area (Å²) in [6, 6.07) is 0. The summed E-state index contributed by atoms with van der Waals surface area (Å²) in [5.74, 6) is 2.20. The molecule has 0 spiro atoms. The van der Waals surface area contributed by atoms with Crippen LogP contribution in [-0.2, 0) is 17.6 Å². The van der Waals surface area contributed by atoms with Crippen LogP contribution in [0.25, 0.3) is 0 Å². The van der Waals surface area contributed by atoms with E-state index in [1.54, 1.807) is 0 Å². The third kappa shape index (κ3) is 4.02. The van der Waals surface area contributed by atoms with Crippen LogP contribution in [0.3, 0.4) is 0 Å². The zero-order chi connectivity index (χ0) is 20.3. The fourth-order valence-electron chi connectivity index (χ4n) is 5.03. The van der Waals surface area contributed by atoms with E-state index in [1.807, 2.05) is 4.90 Å². The lowest BCUT2D eigenvalue weighted by molar-refractivity contribution is 0.0697. The normalized spacial score (nSPS) is 21.8. The van der Waals surface area contributed by atoms with Crippen molar-refractivity contribution in [3.8, 4) is 0 Å². The minimum atomic E-state index is 0.0694. The van der Waals surface area contributed by atoms with Crippen molar-refractivity contribution >= 4 is 5.91 Å². The van der Waals surface area contributed by atoms with Gasteiger partial charge in [-0.15, -0.1) is 0 Å². The molecular formula is C22H31N5O3. The van der Waals surface area contributed by atoms with Gasteiger partial charge in [0.25, 0.3) is 5.91 Å². The lowest BCUT2D eigenvalue weighted by Gasteiger charge is -2.30. The Labute approximate surface area is 176 Å². The summed E-state index contributed by atoms with van der Waals surface area (Å²) in [6.07, 6.45) is 10.4. The summed E-state index contributed by atoms with van der Waals surface area (Å²) >= 11 is 0. The van der Waals surface area contributed by atoms with Crippen molar-refractivity contribution in [1.82, 2.24) is 25.2 Å². The number of carbonyl (C=O) groups excluding carboxylic acids is 1. The second-order valence-corrected chi connectivity index (χ2v) is 8.89. The Bertz CT molecular complexity index is 862. The van der Waals surface area contributed by atoms with Gasteiger partial charge >= 0.3 is 0 Å². The number of likely N-dealkylation sites (tertiary alicyclic amines) is 1. The number of nitrogens with one attached hydrogen (secondary N) is 1. The van der Waals surface area contributed by atoms with Gasteiger partial charge in [-0.25, -0.2) is 0 Å². The Kier molecular flexibility index (Phi) is 5.84. The SMILES string of the molecule is O=C(c1n[nH]c2c1CCCCCC2)N1CCC(c2nc(C3CCOCC3)no2)CC1. The van der Waals surface area contributed by atoms with Gasteiger partial charge in [-0.2, -0.15) is 10.1 Å². The quantitative estimate of drug-likeness (QED) is 0.829. The third-order valence-corrected chi connectivity index (χ3v) is 6.93. The molecule has 4 heterocycles. The molecule has 8 heteroatoms. The smallest absolute Gasteiger partial charge is 0.274 e. The number of ether oxygens (including phenoxy) is 1. The van der Waals surface area contributed by atoms with Crippen molar-refractivity contribution < 1.29 is 14.1 Å². The average Bonchev–Trinajstić information content (AvgIpc) is 3.41. The molecule has 2 aromatic rings. The molecule has 1 aliphatic carbocycles. The second-order valence-electron chi connectivity index (χ2n) is 8.89. The van der Waals surface area contributed by atoms with E-state index in [1.165, 1.54) is 25.0 Å². The minimum Gasteiger partial charge on any atom is -0.381 e. The first-order valence-corrected chi connectivity index (χ1v) is 11.6. The molecule has 1 N–H and O–H groups in total. The monoisotopic (exact) mass is 413 g/mol. The van der Waals surface area contributed by atoms with E-state index in [9.17, 15) is 4.79 Å². The first-order valence-electron chi connectivity index (χ1n) is 11.6. The molecule has 8 nitrogen and oxygen atoms in total. The van der Waals surface area contributed by atoms with Crippen LogP contribution in [-0.4, -0.2) is 57.4 Å². The molecule has 5 rings (SSSR count). The zero-order valence-corrected chi connectivity index (χ0v) is 17.6. The number of fused-ring (bicyclic) bond motifs is 1. The number of rotatable bonds is 3. The van der Waals surface area contributed by atoms with Gasteiger partial charge in [-0.3, -0.25) is 9.89 Å². The molecule has 0 aromatic carbocycles. The lowest BCUT2D eigenvalue weighted by atomic mass is 9.94. The number of amides is 1. The molecule has 0 radical (unpaired) electrons. The number of piperidine rings is 1. The molecule has 162 valence electrons. The van der Waals surface area contributed by atoms with Crippen molar-refractivity contribution in [2.45, 2.75) is 76.0 Å². The number of hydrogen-bond donors (Lipinski definition) is 1. The van der Waals surface area contributed by atoms with Gasteiger partial charge in [-0.1, -0.05) is 18.0 Å². The fraction of sp³-hybridized carbons (Fsp3) is 0.727. The van der Waals surface area contributed by atoms with Gasteiger partial charge in [0.2, 0.25) is 5.89 Å². The molecule has 2 saturated heterocycles. The third-order valence-electron chi connectivity index (χ3n) is 6.93. The predicted molar refractivity (Wildman–Crippen MR) is 109 cm³/mol. The van der Waals surface area contributed by atoms with E-state index in [0.717, 1.165) is 75.4 Å². The Morgan fingerprint density at radius 3 is 2.53 bits per heavy atom. The molecular weight excluding hydrogens is 382 g/mol. The average molecular weight is 414 g/mol. The number of nitrogens with zero attached hydrogens (tertiary/aromatic N) is 4. The van der Waals surface area contributed by atoms with Gasteiger partial charge in [0.1, 0.15) is 0 Å². The molecule has 2 aliphatic heterocycles. The maximum Gasteiger partial charge on any atom is 0.274 e. The van der Waals surface area contributed by atoms with E-state index >= 15 is 0 Å². The predicted octanol–water partition coefficient (Wildman–Crippen LogP) is 3.37. The maximum atomic E-state index is 13.2. The summed E-state index contributed by atoms with van der Waals surface area (Å²) in [6.45, 7) is 2.96. The lowest BCUT2D eigenvalue weighted by Crippen LogP contribution is -2.38. The van der Waals surface area contributed by atoms with Crippen LogP contribution in [0.1, 0.15) is 96.7 Å². The topological polar surface area (TPSA) is 97.1 Å². The molecule has 0 atom stereocenters. The van der Waals surface area contributed by atoms with E-state index < -0.39 is 0 Å². The van der Waals surface area contributed by atoms with Crippen LogP contribution in [0, 0.1) is 0 Å². The first-order chi connectivity index (χ1) is 14.8. The number of aryl methyl sites for hydroxylation is 1. The summed E-state index contributed by atoms with van der Waals surface area (Å²) in [5.41, 5.74) is 2.96. The van der Waals surface area contributed by atoms with Crippen LogP contribution >= 0.6 is 0 Å². The Hall–Kier alpha value is -2.22. The summed E-state index contributed by atoms with van der Waals surface area (Å²) in [7, 11) is 0. The van der Waals surface area contributed by atoms with E-state index in [-0.39, 0.29) is 11.8 Å². The van der Waals surface area contributed by atoms with Crippen molar-refractivity contribution in [2.75, 3.05) is 26.3 Å². The van der Waals surface area contributed by atoms with Gasteiger partial charge in [0.05, 0.1) is 0 Å². The standard InChI is InChI=1S/C22H31N5O3/c28-22(19-17-5-3-1-2-4-6-18(17)24-25-19)27-11-7-16(8-12-27)21-23-20(26-30-21)15-9-13-29-14-10-15/h15-16H,1-14H2,(H,24,25). The van der Waals surface area contributed by atoms with Crippen LogP contribution in [0.2, 0.25) is 0 Å². The summed E-state index contributed by atoms with van der Waals surface area (Å²) in [5, 5.41) is 11.8. The van der Waals surface area contributed by atoms with Gasteiger partial charge in [-0.05, 0) is 51.4 Å². The molecule has 3 aliphatic rings. The highest BCUT2D eigenvalue weighted by Gasteiger charge is 2.31. The largest absolute Gasteiger partial charge is 0.381 e. The highest BCUT2D eigenvalue weighted by atomic mass is 16.5. The van der Waals surface area contributed by atoms with Gasteiger partial charge < -0.3 is 14.2 Å². The Morgan fingerprint density at radius 1 is 0.967 bits per heavy atom. The number of hydrogen-bond acceptors (Lipinski definition) is 6. The molecule has 1 amide bonds. The molecule has 2 fully saturated rings. The van der Waals surface area contributed by atoms with Gasteiger partial charge in [0, 0.05) is 49.4 Å². The minimum absolute atomic E-state index is 0.0694. The fourth-order valence-corrected chi connectivity index (χ4v) is 5.03. The van der Waals surface area contributed by atoms with Crippen molar-refractivity contribution in [2.24, 2.45) is 0 Å². The maximum absolute atomic E-state index is 13.2. The molecule has 2 aromatic heterocycles. The highest BCUT2D eigenvalue weighted by Crippen LogP contribution is 2.31. The molecule has 0 unspecified atom stereocenters. The summed E-state index contributed by atoms with van der Waals surface area (Å²) < 4.78 is 11.0. The Morgan fingerprint density at radius 2 is 1.73 bits per heavy atom. The van der Waals surface area contributed by atoms with Crippen molar-refractivity contribution in [1.29, 1.82) is 0 Å². The van der Waals surface area contributed by atoms with Crippen LogP contribution in [0.5, 0.6) is 0 Å². The first kappa shape index (κ1) is 19.7. The van der Waals surface area contributed by atoms with E-state index in [2.05, 4.69) is 15.4 Å². The van der Waals surface area contributed by atoms with Crippen molar-refractivity contribution in [3.63, 3.8) is 0 Å². The van der Waals surface area contributed by atoms with Crippen LogP contribution in [0.15, 0.2) is 4.52 Å². The van der Waals surface area contributed by atoms with E-state index in [4.69, 9.17) is 14.2 Å². The number of H-pyrrole nitrogens is 1. The van der Waals surface area contributed by atoms with Crippen LogP contribution in [0.4, 0.5) is 0 Å². The summed E-state index contributed by atoms with van der Waals surface area (Å²) in [4.78, 5) is 19.8. The number of aromatic nitrogens is 4. The molecule has 30 heavy (non-hydrogen) atoms. The molecule has 0 saturated carbocycles. The number of carbonyl (C=O) groups is 1. The van der Waals surface area contributed by atoms with Crippen molar-refractivity contribution in [3.05, 3.63) is 28.7 Å². The Balaban J connectivity index is 1.21. The van der Waals surface area contributed by atoms with Crippen LogP contribution < -0.4 is 0 Å². The zero-order valence-electron chi connectivity index (χ0n) is 17.6. The highest BCUT2D eigenvalue weighted by molar-refractivity contribution is 5.94. The van der Waals surface area contributed by atoms with E-state index in [0.29, 0.717) is 24.7 Å². The van der Waals surface area contributed by atoms with Gasteiger partial charge in [0.15, 0.2) is 11.5 Å². The molecule has 0 bridgehead atoms. The number of aromatic amines is 1. The second kappa shape index (κ2) is 8.88.